The van der Waals surface area contributed by atoms with E-state index >= 15 is 0 Å². The Morgan fingerprint density at radius 1 is 0.906 bits per heavy atom. The summed E-state index contributed by atoms with van der Waals surface area (Å²) >= 11 is 0. The van der Waals surface area contributed by atoms with Gasteiger partial charge in [0.1, 0.15) is 23.2 Å². The van der Waals surface area contributed by atoms with E-state index in [0.29, 0.717) is 32.0 Å². The molecular weight excluding hydrogens is 404 g/mol. The summed E-state index contributed by atoms with van der Waals surface area (Å²) < 4.78 is 5.16. The van der Waals surface area contributed by atoms with Gasteiger partial charge in [-0.25, -0.2) is 14.8 Å². The van der Waals surface area contributed by atoms with Crippen LogP contribution in [0.3, 0.4) is 0 Å². The number of hydrogen-bond acceptors (Lipinski definition) is 6. The first-order valence-electron chi connectivity index (χ1n) is 10.6. The third kappa shape index (κ3) is 5.26. The molecule has 2 heterocycles. The normalized spacial score (nSPS) is 13.6. The fourth-order valence-corrected chi connectivity index (χ4v) is 3.58. The molecule has 166 valence electrons. The molecule has 2 N–H and O–H groups in total. The average molecular weight is 433 g/mol. The second-order valence-electron chi connectivity index (χ2n) is 7.78. The summed E-state index contributed by atoms with van der Waals surface area (Å²) in [6.45, 7) is 6.60. The number of hydrogen-bond donors (Lipinski definition) is 2. The summed E-state index contributed by atoms with van der Waals surface area (Å²) in [4.78, 5) is 25.8. The number of aromatic nitrogens is 2. The predicted molar refractivity (Wildman–Crippen MR) is 127 cm³/mol. The Hall–Kier alpha value is -3.81. The number of methoxy groups -OCH3 is 1. The van der Waals surface area contributed by atoms with E-state index in [0.717, 1.165) is 28.8 Å². The van der Waals surface area contributed by atoms with Crippen molar-refractivity contribution in [1.82, 2.24) is 14.9 Å². The van der Waals surface area contributed by atoms with E-state index in [1.165, 1.54) is 5.56 Å². The number of rotatable bonds is 5. The van der Waals surface area contributed by atoms with E-state index < -0.39 is 0 Å². The number of ether oxygens (including phenoxy) is 1. The van der Waals surface area contributed by atoms with E-state index in [1.807, 2.05) is 54.3 Å². The molecule has 1 fully saturated rings. The third-order valence-electron chi connectivity index (χ3n) is 5.38. The van der Waals surface area contributed by atoms with Crippen LogP contribution in [0.15, 0.2) is 54.6 Å². The lowest BCUT2D eigenvalue weighted by atomic mass is 10.2. The molecule has 8 heteroatoms. The van der Waals surface area contributed by atoms with Gasteiger partial charge in [-0.15, -0.1) is 0 Å². The lowest BCUT2D eigenvalue weighted by molar-refractivity contribution is 0.208. The molecular formula is C24H28N6O2. The summed E-state index contributed by atoms with van der Waals surface area (Å²) in [5.41, 5.74) is 2.94. The van der Waals surface area contributed by atoms with E-state index in [9.17, 15) is 4.79 Å². The fraction of sp³-hybridized carbons (Fsp3) is 0.292. The highest BCUT2D eigenvalue weighted by Gasteiger charge is 2.22. The second kappa shape index (κ2) is 9.55. The van der Waals surface area contributed by atoms with Crippen LogP contribution in [0.2, 0.25) is 0 Å². The van der Waals surface area contributed by atoms with Crippen LogP contribution in [-0.2, 0) is 0 Å². The first-order valence-corrected chi connectivity index (χ1v) is 10.6. The molecule has 2 amide bonds. The van der Waals surface area contributed by atoms with Crippen LogP contribution < -0.4 is 20.3 Å². The highest BCUT2D eigenvalue weighted by molar-refractivity contribution is 5.89. The average Bonchev–Trinajstić information content (AvgIpc) is 2.81. The largest absolute Gasteiger partial charge is 0.497 e. The Balaban J connectivity index is 1.36. The first-order chi connectivity index (χ1) is 15.5. The smallest absolute Gasteiger partial charge is 0.321 e. The molecule has 0 spiro atoms. The van der Waals surface area contributed by atoms with Gasteiger partial charge < -0.3 is 25.2 Å². The van der Waals surface area contributed by atoms with Gasteiger partial charge >= 0.3 is 6.03 Å². The highest BCUT2D eigenvalue weighted by Crippen LogP contribution is 2.22. The lowest BCUT2D eigenvalue weighted by Crippen LogP contribution is -2.50. The maximum absolute atomic E-state index is 12.6. The van der Waals surface area contributed by atoms with Gasteiger partial charge in [0.25, 0.3) is 0 Å². The van der Waals surface area contributed by atoms with Crippen LogP contribution in [0.4, 0.5) is 27.8 Å². The summed E-state index contributed by atoms with van der Waals surface area (Å²) in [5.74, 6) is 3.09. The zero-order valence-corrected chi connectivity index (χ0v) is 18.6. The molecule has 0 radical (unpaired) electrons. The molecule has 0 bridgehead atoms. The zero-order valence-electron chi connectivity index (χ0n) is 18.6. The standard InChI is InChI=1S/C24H28N6O2/c1-17-4-6-19(7-5-17)27-22-16-23(26-18(2)25-22)29-12-14-30(15-13-29)24(31)28-20-8-10-21(32-3)11-9-20/h4-11,16H,12-15H2,1-3H3,(H,28,31)(H,25,26,27). The summed E-state index contributed by atoms with van der Waals surface area (Å²) in [7, 11) is 1.62. The second-order valence-corrected chi connectivity index (χ2v) is 7.78. The zero-order chi connectivity index (χ0) is 22.5. The topological polar surface area (TPSA) is 82.6 Å². The van der Waals surface area contributed by atoms with Crippen LogP contribution >= 0.6 is 0 Å². The first kappa shape index (κ1) is 21.4. The quantitative estimate of drug-likeness (QED) is 0.629. The molecule has 32 heavy (non-hydrogen) atoms. The third-order valence-corrected chi connectivity index (χ3v) is 5.38. The summed E-state index contributed by atoms with van der Waals surface area (Å²) in [6, 6.07) is 17.4. The molecule has 1 saturated heterocycles. The summed E-state index contributed by atoms with van der Waals surface area (Å²) in [6.07, 6.45) is 0. The fourth-order valence-electron chi connectivity index (χ4n) is 3.58. The number of urea groups is 1. The van der Waals surface area contributed by atoms with Gasteiger partial charge in [-0.1, -0.05) is 17.7 Å². The Morgan fingerprint density at radius 2 is 1.56 bits per heavy atom. The number of amides is 2. The van der Waals surface area contributed by atoms with Crippen LogP contribution in [0.25, 0.3) is 0 Å². The number of nitrogens with one attached hydrogen (secondary N) is 2. The number of nitrogens with zero attached hydrogens (tertiary/aromatic N) is 4. The minimum absolute atomic E-state index is 0.101. The van der Waals surface area contributed by atoms with Crippen LogP contribution in [0.5, 0.6) is 5.75 Å². The molecule has 4 rings (SSSR count). The number of anilines is 4. The molecule has 3 aromatic rings. The molecule has 0 atom stereocenters. The molecule has 0 aliphatic carbocycles. The van der Waals surface area contributed by atoms with E-state index in [1.54, 1.807) is 7.11 Å². The van der Waals surface area contributed by atoms with E-state index in [4.69, 9.17) is 4.74 Å². The van der Waals surface area contributed by atoms with Crippen LogP contribution in [-0.4, -0.2) is 54.2 Å². The highest BCUT2D eigenvalue weighted by atomic mass is 16.5. The molecule has 1 aliphatic rings. The van der Waals surface area contributed by atoms with Crippen molar-refractivity contribution in [2.75, 3.05) is 48.8 Å². The van der Waals surface area contributed by atoms with Crippen molar-refractivity contribution in [3.8, 4) is 5.75 Å². The van der Waals surface area contributed by atoms with Crippen molar-refractivity contribution in [2.24, 2.45) is 0 Å². The predicted octanol–water partition coefficient (Wildman–Crippen LogP) is 4.20. The van der Waals surface area contributed by atoms with Crippen molar-refractivity contribution in [2.45, 2.75) is 13.8 Å². The number of benzene rings is 2. The maximum atomic E-state index is 12.6. The van der Waals surface area contributed by atoms with Crippen molar-refractivity contribution in [3.05, 3.63) is 66.0 Å². The molecule has 1 aliphatic heterocycles. The minimum Gasteiger partial charge on any atom is -0.497 e. The van der Waals surface area contributed by atoms with Gasteiger partial charge in [0.15, 0.2) is 0 Å². The Morgan fingerprint density at radius 3 is 2.22 bits per heavy atom. The number of aryl methyl sites for hydroxylation is 2. The van der Waals surface area contributed by atoms with Gasteiger partial charge in [0.2, 0.25) is 0 Å². The summed E-state index contributed by atoms with van der Waals surface area (Å²) in [5, 5.41) is 6.30. The van der Waals surface area contributed by atoms with Crippen molar-refractivity contribution < 1.29 is 9.53 Å². The lowest BCUT2D eigenvalue weighted by Gasteiger charge is -2.35. The van der Waals surface area contributed by atoms with E-state index in [2.05, 4.69) is 44.6 Å². The van der Waals surface area contributed by atoms with Gasteiger partial charge in [-0.3, -0.25) is 0 Å². The minimum atomic E-state index is -0.101. The van der Waals surface area contributed by atoms with Gasteiger partial charge in [-0.2, -0.15) is 0 Å². The molecule has 0 unspecified atom stereocenters. The van der Waals surface area contributed by atoms with E-state index in [-0.39, 0.29) is 6.03 Å². The SMILES string of the molecule is COc1ccc(NC(=O)N2CCN(c3cc(Nc4ccc(C)cc4)nc(C)n3)CC2)cc1. The number of piperazine rings is 1. The van der Waals surface area contributed by atoms with Crippen LogP contribution in [0, 0.1) is 13.8 Å². The van der Waals surface area contributed by atoms with Crippen molar-refractivity contribution >= 4 is 29.0 Å². The molecule has 2 aromatic carbocycles. The van der Waals surface area contributed by atoms with Gasteiger partial charge in [0.05, 0.1) is 7.11 Å². The van der Waals surface area contributed by atoms with Gasteiger partial charge in [-0.05, 0) is 50.2 Å². The number of carbonyl (C=O) groups is 1. The maximum Gasteiger partial charge on any atom is 0.321 e. The molecule has 1 aromatic heterocycles. The van der Waals surface area contributed by atoms with Crippen molar-refractivity contribution in [1.29, 1.82) is 0 Å². The van der Waals surface area contributed by atoms with Gasteiger partial charge in [0, 0.05) is 43.6 Å². The monoisotopic (exact) mass is 432 g/mol. The number of carbonyl (C=O) groups excluding carboxylic acids is 1. The molecule has 0 saturated carbocycles. The van der Waals surface area contributed by atoms with Crippen LogP contribution in [0.1, 0.15) is 11.4 Å². The Bertz CT molecular complexity index is 1060. The Kier molecular flexibility index (Phi) is 6.39. The Labute approximate surface area is 188 Å². The molecule has 8 nitrogen and oxygen atoms in total. The van der Waals surface area contributed by atoms with Crippen molar-refractivity contribution in [3.63, 3.8) is 0 Å².